The molecule has 2 aromatic rings. The van der Waals surface area contributed by atoms with Gasteiger partial charge in [0.15, 0.2) is 5.79 Å². The Hall–Kier alpha value is -2.18. The fourth-order valence-corrected chi connectivity index (χ4v) is 4.23. The Kier molecular flexibility index (Phi) is 3.83. The first-order valence-corrected chi connectivity index (χ1v) is 9.46. The summed E-state index contributed by atoms with van der Waals surface area (Å²) < 4.78 is 11.7. The molecule has 1 aromatic carbocycles. The summed E-state index contributed by atoms with van der Waals surface area (Å²) in [4.78, 5) is 14.2. The summed E-state index contributed by atoms with van der Waals surface area (Å²) in [7, 11) is 0. The van der Waals surface area contributed by atoms with Crippen LogP contribution >= 0.6 is 0 Å². The van der Waals surface area contributed by atoms with Crippen LogP contribution in [0.1, 0.15) is 24.1 Å². The number of benzene rings is 1. The van der Waals surface area contributed by atoms with Crippen molar-refractivity contribution in [1.82, 2.24) is 9.97 Å². The monoisotopic (exact) mass is 352 g/mol. The molecular formula is C20H24N4O2. The molecule has 4 heterocycles. The molecular weight excluding hydrogens is 328 g/mol. The Morgan fingerprint density at radius 2 is 1.77 bits per heavy atom. The van der Waals surface area contributed by atoms with E-state index in [1.54, 1.807) is 0 Å². The molecule has 0 unspecified atom stereocenters. The number of piperidine rings is 1. The van der Waals surface area contributed by atoms with Gasteiger partial charge in [-0.15, -0.1) is 0 Å². The van der Waals surface area contributed by atoms with Gasteiger partial charge in [-0.2, -0.15) is 4.98 Å². The lowest BCUT2D eigenvalue weighted by atomic mass is 10.0. The van der Waals surface area contributed by atoms with Gasteiger partial charge in [0.25, 0.3) is 0 Å². The fourth-order valence-electron chi connectivity index (χ4n) is 4.23. The summed E-state index contributed by atoms with van der Waals surface area (Å²) in [5.74, 6) is 1.46. The summed E-state index contributed by atoms with van der Waals surface area (Å²) in [5, 5.41) is 0. The van der Waals surface area contributed by atoms with Crippen LogP contribution in [0.15, 0.2) is 30.3 Å². The minimum Gasteiger partial charge on any atom is -0.356 e. The summed E-state index contributed by atoms with van der Waals surface area (Å²) in [5.41, 5.74) is 3.60. The standard InChI is InChI=1S/C20H24N4O2/c1-15-14-18(23-10-7-20(8-11-23)25-12-13-26-20)22-19(21-15)24-9-6-16-4-2-3-5-17(16)24/h2-5,14H,6-13H2,1H3. The second-order valence-electron chi connectivity index (χ2n) is 7.29. The van der Waals surface area contributed by atoms with E-state index < -0.39 is 0 Å². The molecule has 0 bridgehead atoms. The van der Waals surface area contributed by atoms with Gasteiger partial charge in [0, 0.05) is 49.9 Å². The van der Waals surface area contributed by atoms with Gasteiger partial charge in [0.05, 0.1) is 13.2 Å². The molecule has 6 heteroatoms. The molecule has 3 aliphatic heterocycles. The van der Waals surface area contributed by atoms with E-state index in [4.69, 9.17) is 19.4 Å². The minimum atomic E-state index is -0.352. The second kappa shape index (κ2) is 6.21. The first kappa shape index (κ1) is 16.0. The van der Waals surface area contributed by atoms with E-state index in [9.17, 15) is 0 Å². The van der Waals surface area contributed by atoms with Crippen molar-refractivity contribution in [2.45, 2.75) is 32.0 Å². The number of fused-ring (bicyclic) bond motifs is 1. The van der Waals surface area contributed by atoms with Crippen molar-refractivity contribution in [2.75, 3.05) is 42.6 Å². The molecule has 136 valence electrons. The normalized spacial score (nSPS) is 21.4. The molecule has 0 N–H and O–H groups in total. The van der Waals surface area contributed by atoms with Crippen molar-refractivity contribution in [1.29, 1.82) is 0 Å². The summed E-state index contributed by atoms with van der Waals surface area (Å²) in [6.07, 6.45) is 2.82. The minimum absolute atomic E-state index is 0.352. The predicted octanol–water partition coefficient (Wildman–Crippen LogP) is 2.82. The van der Waals surface area contributed by atoms with Crippen LogP contribution in [0, 0.1) is 6.92 Å². The molecule has 2 fully saturated rings. The third-order valence-electron chi connectivity index (χ3n) is 5.62. The zero-order valence-corrected chi connectivity index (χ0v) is 15.1. The van der Waals surface area contributed by atoms with Crippen LogP contribution in [-0.2, 0) is 15.9 Å². The van der Waals surface area contributed by atoms with E-state index in [2.05, 4.69) is 40.1 Å². The first-order valence-electron chi connectivity index (χ1n) is 9.46. The van der Waals surface area contributed by atoms with Gasteiger partial charge in [-0.05, 0) is 25.0 Å². The summed E-state index contributed by atoms with van der Waals surface area (Å²) in [6.45, 7) is 6.20. The number of hydrogen-bond donors (Lipinski definition) is 0. The Labute approximate surface area is 153 Å². The number of para-hydroxylation sites is 1. The Morgan fingerprint density at radius 1 is 1.00 bits per heavy atom. The van der Waals surface area contributed by atoms with Crippen molar-refractivity contribution in [3.05, 3.63) is 41.6 Å². The summed E-state index contributed by atoms with van der Waals surface area (Å²) in [6, 6.07) is 10.6. The Morgan fingerprint density at radius 3 is 2.58 bits per heavy atom. The molecule has 1 spiro atoms. The van der Waals surface area contributed by atoms with Crippen LogP contribution < -0.4 is 9.80 Å². The van der Waals surface area contributed by atoms with Crippen LogP contribution in [0.25, 0.3) is 0 Å². The van der Waals surface area contributed by atoms with E-state index in [1.165, 1.54) is 11.3 Å². The van der Waals surface area contributed by atoms with E-state index in [0.717, 1.165) is 56.4 Å². The lowest BCUT2D eigenvalue weighted by Crippen LogP contribution is -2.45. The molecule has 5 rings (SSSR count). The second-order valence-corrected chi connectivity index (χ2v) is 7.29. The largest absolute Gasteiger partial charge is 0.356 e. The lowest BCUT2D eigenvalue weighted by molar-refractivity contribution is -0.169. The zero-order valence-electron chi connectivity index (χ0n) is 15.1. The predicted molar refractivity (Wildman–Crippen MR) is 100 cm³/mol. The van der Waals surface area contributed by atoms with Crippen molar-refractivity contribution in [3.8, 4) is 0 Å². The van der Waals surface area contributed by atoms with Crippen molar-refractivity contribution in [2.24, 2.45) is 0 Å². The smallest absolute Gasteiger partial charge is 0.232 e. The SMILES string of the molecule is Cc1cc(N2CCC3(CC2)OCCO3)nc(N2CCc3ccccc32)n1. The highest BCUT2D eigenvalue weighted by molar-refractivity contribution is 5.66. The molecule has 0 radical (unpaired) electrons. The van der Waals surface area contributed by atoms with E-state index in [-0.39, 0.29) is 5.79 Å². The average Bonchev–Trinajstić information content (AvgIpc) is 3.29. The Bertz CT molecular complexity index is 809. The van der Waals surface area contributed by atoms with Gasteiger partial charge < -0.3 is 19.3 Å². The highest BCUT2D eigenvalue weighted by Gasteiger charge is 2.40. The van der Waals surface area contributed by atoms with Crippen molar-refractivity contribution in [3.63, 3.8) is 0 Å². The van der Waals surface area contributed by atoms with Gasteiger partial charge in [-0.3, -0.25) is 0 Å². The molecule has 2 saturated heterocycles. The maximum atomic E-state index is 5.84. The highest BCUT2D eigenvalue weighted by Crippen LogP contribution is 2.35. The molecule has 6 nitrogen and oxygen atoms in total. The first-order chi connectivity index (χ1) is 12.7. The molecule has 1 aromatic heterocycles. The van der Waals surface area contributed by atoms with Gasteiger partial charge in [0.2, 0.25) is 5.95 Å². The Balaban J connectivity index is 1.40. The number of hydrogen-bond acceptors (Lipinski definition) is 6. The van der Waals surface area contributed by atoms with Crippen LogP contribution in [-0.4, -0.2) is 48.6 Å². The maximum absolute atomic E-state index is 5.84. The van der Waals surface area contributed by atoms with Gasteiger partial charge in [-0.25, -0.2) is 4.98 Å². The lowest BCUT2D eigenvalue weighted by Gasteiger charge is -2.38. The molecule has 0 amide bonds. The van der Waals surface area contributed by atoms with Gasteiger partial charge in [-0.1, -0.05) is 18.2 Å². The zero-order chi connectivity index (χ0) is 17.6. The number of anilines is 3. The number of aryl methyl sites for hydroxylation is 1. The molecule has 0 atom stereocenters. The number of nitrogens with zero attached hydrogens (tertiary/aromatic N) is 4. The third-order valence-corrected chi connectivity index (χ3v) is 5.62. The van der Waals surface area contributed by atoms with E-state index in [1.807, 2.05) is 6.92 Å². The number of ether oxygens (including phenoxy) is 2. The van der Waals surface area contributed by atoms with E-state index in [0.29, 0.717) is 13.2 Å². The molecule has 3 aliphatic rings. The van der Waals surface area contributed by atoms with E-state index >= 15 is 0 Å². The topological polar surface area (TPSA) is 50.7 Å². The fraction of sp³-hybridized carbons (Fsp3) is 0.500. The van der Waals surface area contributed by atoms with Crippen LogP contribution in [0.2, 0.25) is 0 Å². The number of rotatable bonds is 2. The molecule has 0 aliphatic carbocycles. The molecule has 26 heavy (non-hydrogen) atoms. The van der Waals surface area contributed by atoms with Crippen LogP contribution in [0.5, 0.6) is 0 Å². The number of aromatic nitrogens is 2. The van der Waals surface area contributed by atoms with Crippen LogP contribution in [0.3, 0.4) is 0 Å². The van der Waals surface area contributed by atoms with Crippen molar-refractivity contribution < 1.29 is 9.47 Å². The average molecular weight is 352 g/mol. The highest BCUT2D eigenvalue weighted by atomic mass is 16.7. The maximum Gasteiger partial charge on any atom is 0.232 e. The quantitative estimate of drug-likeness (QED) is 0.828. The van der Waals surface area contributed by atoms with Gasteiger partial charge >= 0.3 is 0 Å². The van der Waals surface area contributed by atoms with Gasteiger partial charge in [0.1, 0.15) is 5.82 Å². The third kappa shape index (κ3) is 2.73. The van der Waals surface area contributed by atoms with Crippen LogP contribution in [0.4, 0.5) is 17.5 Å². The molecule has 0 saturated carbocycles. The van der Waals surface area contributed by atoms with Crippen molar-refractivity contribution >= 4 is 17.5 Å². The summed E-state index contributed by atoms with van der Waals surface area (Å²) >= 11 is 0.